The fraction of sp³-hybridized carbons (Fsp3) is 0.0667. The smallest absolute Gasteiger partial charge is 0.275 e. The Morgan fingerprint density at radius 1 is 1.00 bits per heavy atom. The third-order valence-electron chi connectivity index (χ3n) is 3.14. The molecule has 5 nitrogen and oxygen atoms in total. The predicted octanol–water partition coefficient (Wildman–Crippen LogP) is 2.32. The van der Waals surface area contributed by atoms with E-state index in [1.54, 1.807) is 0 Å². The van der Waals surface area contributed by atoms with Crippen LogP contribution in [0.1, 0.15) is 17.4 Å². The normalized spacial score (nSPS) is 13.4. The Balaban J connectivity index is 2.10. The molecular formula is C15H14N2O3S. The van der Waals surface area contributed by atoms with Gasteiger partial charge in [0.25, 0.3) is 10.2 Å². The second-order valence-corrected chi connectivity index (χ2v) is 6.02. The van der Waals surface area contributed by atoms with E-state index in [4.69, 9.17) is 9.56 Å². The fourth-order valence-electron chi connectivity index (χ4n) is 2.24. The zero-order valence-corrected chi connectivity index (χ0v) is 11.9. The van der Waals surface area contributed by atoms with Crippen LogP contribution in [0.2, 0.25) is 0 Å². The molecular weight excluding hydrogens is 288 g/mol. The van der Waals surface area contributed by atoms with Crippen LogP contribution in [0.15, 0.2) is 65.1 Å². The molecule has 0 aliphatic heterocycles. The first-order valence-electron chi connectivity index (χ1n) is 6.36. The van der Waals surface area contributed by atoms with Gasteiger partial charge in [-0.05, 0) is 17.7 Å². The second-order valence-electron chi connectivity index (χ2n) is 4.69. The van der Waals surface area contributed by atoms with Crippen molar-refractivity contribution in [1.82, 2.24) is 4.72 Å². The van der Waals surface area contributed by atoms with Crippen LogP contribution in [0.3, 0.4) is 0 Å². The number of nitrogens with one attached hydrogen (secondary N) is 1. The Labute approximate surface area is 122 Å². The van der Waals surface area contributed by atoms with Crippen LogP contribution in [0, 0.1) is 0 Å². The van der Waals surface area contributed by atoms with Gasteiger partial charge in [0.15, 0.2) is 0 Å². The molecule has 0 spiro atoms. The largest absolute Gasteiger partial charge is 0.459 e. The van der Waals surface area contributed by atoms with E-state index in [9.17, 15) is 8.42 Å². The molecule has 0 radical (unpaired) electrons. The van der Waals surface area contributed by atoms with E-state index in [1.807, 2.05) is 60.7 Å². The molecule has 0 saturated carbocycles. The van der Waals surface area contributed by atoms with E-state index >= 15 is 0 Å². The van der Waals surface area contributed by atoms with E-state index in [-0.39, 0.29) is 0 Å². The summed E-state index contributed by atoms with van der Waals surface area (Å²) in [4.78, 5) is 0. The molecule has 1 aromatic heterocycles. The summed E-state index contributed by atoms with van der Waals surface area (Å²) in [5, 5.41) is 6.03. The third-order valence-corrected chi connectivity index (χ3v) is 3.71. The molecule has 2 aromatic carbocycles. The number of rotatable bonds is 4. The minimum absolute atomic E-state index is 0.497. The molecule has 21 heavy (non-hydrogen) atoms. The van der Waals surface area contributed by atoms with E-state index in [0.717, 1.165) is 10.9 Å². The van der Waals surface area contributed by atoms with Gasteiger partial charge in [-0.15, -0.1) is 0 Å². The lowest BCUT2D eigenvalue weighted by molar-refractivity contribution is 0.498. The molecule has 0 aliphatic rings. The molecule has 3 rings (SSSR count). The van der Waals surface area contributed by atoms with E-state index in [2.05, 4.69) is 4.72 Å². The number of fused-ring (bicyclic) bond motifs is 1. The van der Waals surface area contributed by atoms with Gasteiger partial charge in [-0.2, -0.15) is 13.1 Å². The van der Waals surface area contributed by atoms with Gasteiger partial charge in [0, 0.05) is 5.39 Å². The highest BCUT2D eigenvalue weighted by Crippen LogP contribution is 2.28. The van der Waals surface area contributed by atoms with Crippen LogP contribution in [0.5, 0.6) is 0 Å². The Hall–Kier alpha value is -2.15. The molecule has 3 aromatic rings. The van der Waals surface area contributed by atoms with Gasteiger partial charge in [0.1, 0.15) is 17.4 Å². The van der Waals surface area contributed by atoms with Crippen molar-refractivity contribution in [3.63, 3.8) is 0 Å². The van der Waals surface area contributed by atoms with Crippen molar-refractivity contribution >= 4 is 21.2 Å². The van der Waals surface area contributed by atoms with Gasteiger partial charge in [-0.25, -0.2) is 5.14 Å². The standard InChI is InChI=1S/C15H14N2O3S/c16-21(18,19)17-15(11-6-2-1-3-7-11)14-10-12-8-4-5-9-13(12)20-14/h1-10,15,17H,(H2,16,18,19)/t15-/m0/s1. The maximum atomic E-state index is 11.4. The minimum atomic E-state index is -3.87. The molecule has 1 atom stereocenters. The molecule has 0 bridgehead atoms. The fourth-order valence-corrected chi connectivity index (χ4v) is 2.83. The summed E-state index contributed by atoms with van der Waals surface area (Å²) in [6.07, 6.45) is 0. The van der Waals surface area contributed by atoms with Crippen molar-refractivity contribution in [2.45, 2.75) is 6.04 Å². The highest BCUT2D eigenvalue weighted by atomic mass is 32.2. The summed E-state index contributed by atoms with van der Waals surface area (Å²) in [6, 6.07) is 17.8. The maximum Gasteiger partial charge on any atom is 0.275 e. The van der Waals surface area contributed by atoms with E-state index < -0.39 is 16.3 Å². The molecule has 0 aliphatic carbocycles. The number of hydrogen-bond acceptors (Lipinski definition) is 3. The summed E-state index contributed by atoms with van der Waals surface area (Å²) >= 11 is 0. The molecule has 0 unspecified atom stereocenters. The molecule has 3 N–H and O–H groups in total. The van der Waals surface area contributed by atoms with Crippen LogP contribution in [0.25, 0.3) is 11.0 Å². The van der Waals surface area contributed by atoms with Crippen molar-refractivity contribution < 1.29 is 12.8 Å². The van der Waals surface area contributed by atoms with Gasteiger partial charge >= 0.3 is 0 Å². The molecule has 0 saturated heterocycles. The Bertz CT molecular complexity index is 824. The van der Waals surface area contributed by atoms with Gasteiger partial charge in [0.05, 0.1) is 0 Å². The van der Waals surface area contributed by atoms with Gasteiger partial charge in [0.2, 0.25) is 0 Å². The highest BCUT2D eigenvalue weighted by molar-refractivity contribution is 7.87. The molecule has 0 amide bonds. The van der Waals surface area contributed by atoms with Crippen LogP contribution in [-0.2, 0) is 10.2 Å². The third kappa shape index (κ3) is 3.13. The second kappa shape index (κ2) is 5.33. The van der Waals surface area contributed by atoms with Crippen molar-refractivity contribution in [2.75, 3.05) is 0 Å². The van der Waals surface area contributed by atoms with Crippen molar-refractivity contribution in [1.29, 1.82) is 0 Å². The lowest BCUT2D eigenvalue weighted by Crippen LogP contribution is -2.34. The maximum absolute atomic E-state index is 11.4. The van der Waals surface area contributed by atoms with Crippen LogP contribution < -0.4 is 9.86 Å². The monoisotopic (exact) mass is 302 g/mol. The summed E-state index contributed by atoms with van der Waals surface area (Å²) in [5.41, 5.74) is 1.45. The Kier molecular flexibility index (Phi) is 3.50. The van der Waals surface area contributed by atoms with Crippen molar-refractivity contribution in [3.05, 3.63) is 72.0 Å². The lowest BCUT2D eigenvalue weighted by Gasteiger charge is -2.15. The topological polar surface area (TPSA) is 85.3 Å². The summed E-state index contributed by atoms with van der Waals surface area (Å²) < 4.78 is 31.0. The average Bonchev–Trinajstić information content (AvgIpc) is 2.88. The number of para-hydroxylation sites is 1. The van der Waals surface area contributed by atoms with Crippen molar-refractivity contribution in [2.24, 2.45) is 5.14 Å². The predicted molar refractivity (Wildman–Crippen MR) is 80.7 cm³/mol. The van der Waals surface area contributed by atoms with Crippen molar-refractivity contribution in [3.8, 4) is 0 Å². The molecule has 6 heteroatoms. The SMILES string of the molecule is NS(=O)(=O)N[C@@H](c1ccccc1)c1cc2ccccc2o1. The Morgan fingerprint density at radius 3 is 2.33 bits per heavy atom. The van der Waals surface area contributed by atoms with Gasteiger partial charge < -0.3 is 4.42 Å². The zero-order valence-electron chi connectivity index (χ0n) is 11.1. The number of furan rings is 1. The zero-order chi connectivity index (χ0) is 14.9. The van der Waals surface area contributed by atoms with E-state index in [1.165, 1.54) is 0 Å². The van der Waals surface area contributed by atoms with Gasteiger partial charge in [-0.1, -0.05) is 48.5 Å². The summed E-state index contributed by atoms with van der Waals surface area (Å²) in [7, 11) is -3.87. The molecule has 108 valence electrons. The average molecular weight is 302 g/mol. The number of benzene rings is 2. The summed E-state index contributed by atoms with van der Waals surface area (Å²) in [6.45, 7) is 0. The minimum Gasteiger partial charge on any atom is -0.459 e. The number of hydrogen-bond donors (Lipinski definition) is 2. The lowest BCUT2D eigenvalue weighted by atomic mass is 10.1. The molecule has 1 heterocycles. The molecule has 0 fully saturated rings. The van der Waals surface area contributed by atoms with Crippen LogP contribution >= 0.6 is 0 Å². The van der Waals surface area contributed by atoms with E-state index in [0.29, 0.717) is 11.3 Å². The summed E-state index contributed by atoms with van der Waals surface area (Å²) in [5.74, 6) is 0.497. The Morgan fingerprint density at radius 2 is 1.67 bits per heavy atom. The quantitative estimate of drug-likeness (QED) is 0.775. The van der Waals surface area contributed by atoms with Gasteiger partial charge in [-0.3, -0.25) is 0 Å². The van der Waals surface area contributed by atoms with Crippen LogP contribution in [0.4, 0.5) is 0 Å². The van der Waals surface area contributed by atoms with Crippen LogP contribution in [-0.4, -0.2) is 8.42 Å². The highest BCUT2D eigenvalue weighted by Gasteiger charge is 2.22. The first-order chi connectivity index (χ1) is 10.0. The first-order valence-corrected chi connectivity index (χ1v) is 7.91. The number of nitrogens with two attached hydrogens (primary N) is 1. The first kappa shape index (κ1) is 13.8.